The van der Waals surface area contributed by atoms with E-state index in [1.807, 2.05) is 6.92 Å². The fourth-order valence-electron chi connectivity index (χ4n) is 3.84. The van der Waals surface area contributed by atoms with Crippen LogP contribution in [-0.2, 0) is 27.8 Å². The van der Waals surface area contributed by atoms with E-state index in [-0.39, 0.29) is 22.3 Å². The highest BCUT2D eigenvalue weighted by atomic mass is 32.2. The van der Waals surface area contributed by atoms with Gasteiger partial charge in [0.25, 0.3) is 11.8 Å². The lowest BCUT2D eigenvalue weighted by molar-refractivity contribution is -0.129. The van der Waals surface area contributed by atoms with E-state index in [2.05, 4.69) is 5.32 Å². The molecular formula is C24H32N4O5S2. The Kier molecular flexibility index (Phi) is 8.34. The second kappa shape index (κ2) is 10.9. The summed E-state index contributed by atoms with van der Waals surface area (Å²) in [4.78, 5) is 42.0. The number of carbonyl (C=O) groups excluding carboxylic acids is 3. The van der Waals surface area contributed by atoms with Crippen LogP contribution >= 0.6 is 11.3 Å². The van der Waals surface area contributed by atoms with Gasteiger partial charge in [0.15, 0.2) is 0 Å². The average molecular weight is 521 g/mol. The summed E-state index contributed by atoms with van der Waals surface area (Å²) in [5.41, 5.74) is 1.58. The maximum absolute atomic E-state index is 13.0. The van der Waals surface area contributed by atoms with Crippen molar-refractivity contribution in [3.8, 4) is 0 Å². The Balaban J connectivity index is 1.86. The van der Waals surface area contributed by atoms with Crippen LogP contribution in [0.15, 0.2) is 29.2 Å². The van der Waals surface area contributed by atoms with Crippen LogP contribution < -0.4 is 5.32 Å². The number of thiophene rings is 1. The molecule has 1 aliphatic heterocycles. The standard InChI is InChI=1S/C24H32N4O5S2/c1-6-7-13-27(5)35(32,33)18-10-8-17(9-11-18)22(30)25-23-21(24(31)26(3)4)19-12-14-28(16(2)29)15-20(19)34-23/h8-11H,6-7,12-15H2,1-5H3,(H,25,30). The van der Waals surface area contributed by atoms with Gasteiger partial charge in [-0.15, -0.1) is 11.3 Å². The van der Waals surface area contributed by atoms with Gasteiger partial charge in [0, 0.05) is 51.6 Å². The number of benzene rings is 1. The number of hydrogen-bond donors (Lipinski definition) is 1. The van der Waals surface area contributed by atoms with E-state index >= 15 is 0 Å². The lowest BCUT2D eigenvalue weighted by Crippen LogP contribution is -2.34. The molecule has 0 saturated carbocycles. The predicted octanol–water partition coefficient (Wildman–Crippen LogP) is 3.03. The summed E-state index contributed by atoms with van der Waals surface area (Å²) < 4.78 is 26.8. The molecule has 190 valence electrons. The zero-order chi connectivity index (χ0) is 25.9. The Morgan fingerprint density at radius 2 is 1.77 bits per heavy atom. The number of amides is 3. The Bertz CT molecular complexity index is 1220. The minimum atomic E-state index is -3.63. The van der Waals surface area contributed by atoms with Gasteiger partial charge >= 0.3 is 0 Å². The van der Waals surface area contributed by atoms with Crippen molar-refractivity contribution < 1.29 is 22.8 Å². The van der Waals surface area contributed by atoms with Crippen LogP contribution in [0, 0.1) is 0 Å². The molecule has 0 radical (unpaired) electrons. The third-order valence-electron chi connectivity index (χ3n) is 6.00. The molecule has 0 fully saturated rings. The number of nitrogens with one attached hydrogen (secondary N) is 1. The molecule has 11 heteroatoms. The SMILES string of the molecule is CCCCN(C)S(=O)(=O)c1ccc(C(=O)Nc2sc3c(c2C(=O)N(C)C)CCN(C(C)=O)C3)cc1. The number of sulfonamides is 1. The minimum Gasteiger partial charge on any atom is -0.345 e. The summed E-state index contributed by atoms with van der Waals surface area (Å²) in [6, 6.07) is 5.77. The van der Waals surface area contributed by atoms with E-state index in [0.717, 1.165) is 23.3 Å². The summed E-state index contributed by atoms with van der Waals surface area (Å²) in [5, 5.41) is 3.27. The van der Waals surface area contributed by atoms with Crippen LogP contribution in [0.3, 0.4) is 0 Å². The lowest BCUT2D eigenvalue weighted by atomic mass is 10.0. The molecule has 0 bridgehead atoms. The molecule has 0 atom stereocenters. The molecule has 2 aromatic rings. The highest BCUT2D eigenvalue weighted by Crippen LogP contribution is 2.38. The predicted molar refractivity (Wildman–Crippen MR) is 136 cm³/mol. The van der Waals surface area contributed by atoms with Crippen molar-refractivity contribution in [2.24, 2.45) is 0 Å². The summed E-state index contributed by atoms with van der Waals surface area (Å²) in [6.07, 6.45) is 2.18. The van der Waals surface area contributed by atoms with Gasteiger partial charge < -0.3 is 15.1 Å². The molecule has 0 unspecified atom stereocenters. The molecule has 35 heavy (non-hydrogen) atoms. The third-order valence-corrected chi connectivity index (χ3v) is 9.00. The van der Waals surface area contributed by atoms with Crippen molar-refractivity contribution >= 4 is 44.1 Å². The molecular weight excluding hydrogens is 488 g/mol. The van der Waals surface area contributed by atoms with Gasteiger partial charge in [0.2, 0.25) is 15.9 Å². The van der Waals surface area contributed by atoms with Crippen LogP contribution in [0.1, 0.15) is 57.8 Å². The van der Waals surface area contributed by atoms with Crippen LogP contribution in [0.5, 0.6) is 0 Å². The number of fused-ring (bicyclic) bond motifs is 1. The Hall–Kier alpha value is -2.76. The molecule has 3 rings (SSSR count). The van der Waals surface area contributed by atoms with E-state index in [0.29, 0.717) is 36.6 Å². The first-order chi connectivity index (χ1) is 16.5. The molecule has 2 heterocycles. The van der Waals surface area contributed by atoms with Gasteiger partial charge in [-0.25, -0.2) is 12.7 Å². The first-order valence-corrected chi connectivity index (χ1v) is 13.7. The lowest BCUT2D eigenvalue weighted by Gasteiger charge is -2.26. The van der Waals surface area contributed by atoms with E-state index in [4.69, 9.17) is 0 Å². The van der Waals surface area contributed by atoms with Crippen LogP contribution in [0.25, 0.3) is 0 Å². The van der Waals surface area contributed by atoms with Gasteiger partial charge in [0.1, 0.15) is 5.00 Å². The molecule has 0 saturated heterocycles. The quantitative estimate of drug-likeness (QED) is 0.576. The molecule has 1 aliphatic rings. The monoisotopic (exact) mass is 520 g/mol. The highest BCUT2D eigenvalue weighted by Gasteiger charge is 2.30. The van der Waals surface area contributed by atoms with E-state index in [1.54, 1.807) is 26.0 Å². The van der Waals surface area contributed by atoms with E-state index < -0.39 is 15.9 Å². The number of hydrogen-bond acceptors (Lipinski definition) is 6. The van der Waals surface area contributed by atoms with Gasteiger partial charge in [-0.3, -0.25) is 14.4 Å². The molecule has 0 spiro atoms. The largest absolute Gasteiger partial charge is 0.345 e. The summed E-state index contributed by atoms with van der Waals surface area (Å²) in [6.45, 7) is 4.85. The van der Waals surface area contributed by atoms with Crippen molar-refractivity contribution in [1.29, 1.82) is 0 Å². The third kappa shape index (κ3) is 5.74. The van der Waals surface area contributed by atoms with Crippen molar-refractivity contribution in [1.82, 2.24) is 14.1 Å². The molecule has 9 nitrogen and oxygen atoms in total. The van der Waals surface area contributed by atoms with Gasteiger partial charge in [-0.05, 0) is 42.7 Å². The topological polar surface area (TPSA) is 107 Å². The Morgan fingerprint density at radius 1 is 1.11 bits per heavy atom. The van der Waals surface area contributed by atoms with Gasteiger partial charge in [0.05, 0.1) is 17.0 Å². The summed E-state index contributed by atoms with van der Waals surface area (Å²) in [7, 11) is 1.21. The zero-order valence-electron chi connectivity index (χ0n) is 20.8. The van der Waals surface area contributed by atoms with Gasteiger partial charge in [-0.2, -0.15) is 0 Å². The molecule has 3 amide bonds. The number of nitrogens with zero attached hydrogens (tertiary/aromatic N) is 3. The maximum Gasteiger partial charge on any atom is 0.256 e. The normalized spacial score (nSPS) is 13.5. The second-order valence-corrected chi connectivity index (χ2v) is 11.9. The van der Waals surface area contributed by atoms with Crippen LogP contribution in [-0.4, -0.2) is 74.5 Å². The Labute approximate surface area is 210 Å². The molecule has 1 aromatic carbocycles. The second-order valence-electron chi connectivity index (χ2n) is 8.76. The molecule has 1 aromatic heterocycles. The van der Waals surface area contributed by atoms with Crippen LogP contribution in [0.2, 0.25) is 0 Å². The summed E-state index contributed by atoms with van der Waals surface area (Å²) in [5.74, 6) is -0.695. The highest BCUT2D eigenvalue weighted by molar-refractivity contribution is 7.89. The van der Waals surface area contributed by atoms with Crippen molar-refractivity contribution in [2.75, 3.05) is 39.5 Å². The summed E-state index contributed by atoms with van der Waals surface area (Å²) >= 11 is 1.29. The minimum absolute atomic E-state index is 0.0366. The van der Waals surface area contributed by atoms with E-state index in [1.165, 1.54) is 51.7 Å². The number of rotatable bonds is 8. The fourth-order valence-corrected chi connectivity index (χ4v) is 6.30. The first kappa shape index (κ1) is 26.8. The average Bonchev–Trinajstić information content (AvgIpc) is 3.18. The van der Waals surface area contributed by atoms with E-state index in [9.17, 15) is 22.8 Å². The van der Waals surface area contributed by atoms with Crippen molar-refractivity contribution in [3.63, 3.8) is 0 Å². The molecule has 1 N–H and O–H groups in total. The maximum atomic E-state index is 13.0. The zero-order valence-corrected chi connectivity index (χ0v) is 22.4. The molecule has 0 aliphatic carbocycles. The van der Waals surface area contributed by atoms with Crippen LogP contribution in [0.4, 0.5) is 5.00 Å². The Morgan fingerprint density at radius 3 is 2.34 bits per heavy atom. The first-order valence-electron chi connectivity index (χ1n) is 11.5. The van der Waals surface area contributed by atoms with Gasteiger partial charge in [-0.1, -0.05) is 13.3 Å². The number of anilines is 1. The smallest absolute Gasteiger partial charge is 0.256 e. The number of carbonyl (C=O) groups is 3. The number of unbranched alkanes of at least 4 members (excludes halogenated alkanes) is 1. The van der Waals surface area contributed by atoms with Crippen molar-refractivity contribution in [2.45, 2.75) is 44.6 Å². The van der Waals surface area contributed by atoms with Crippen molar-refractivity contribution in [3.05, 3.63) is 45.8 Å². The fraction of sp³-hybridized carbons (Fsp3) is 0.458.